The van der Waals surface area contributed by atoms with Crippen molar-refractivity contribution >= 4 is 5.91 Å². The molecule has 0 bridgehead atoms. The number of piperazine rings is 1. The number of aromatic amines is 1. The van der Waals surface area contributed by atoms with Crippen LogP contribution in [0.1, 0.15) is 35.7 Å². The minimum atomic E-state index is -0.237. The van der Waals surface area contributed by atoms with Crippen molar-refractivity contribution in [3.05, 3.63) is 70.1 Å². The van der Waals surface area contributed by atoms with E-state index in [9.17, 15) is 9.59 Å². The van der Waals surface area contributed by atoms with Gasteiger partial charge < -0.3 is 9.88 Å². The number of aromatic nitrogens is 1. The summed E-state index contributed by atoms with van der Waals surface area (Å²) in [6.45, 7) is 5.36. The molecule has 3 rings (SSSR count). The molecule has 1 amide bonds. The van der Waals surface area contributed by atoms with Crippen LogP contribution in [0.15, 0.2) is 53.5 Å². The van der Waals surface area contributed by atoms with Gasteiger partial charge in [0.1, 0.15) is 0 Å². The second kappa shape index (κ2) is 8.12. The van der Waals surface area contributed by atoms with E-state index in [1.807, 2.05) is 11.0 Å². The fourth-order valence-electron chi connectivity index (χ4n) is 3.47. The molecule has 2 aromatic rings. The highest BCUT2D eigenvalue weighted by molar-refractivity contribution is 5.94. The number of hydrogen-bond acceptors (Lipinski definition) is 3. The van der Waals surface area contributed by atoms with Gasteiger partial charge >= 0.3 is 0 Å². The number of benzene rings is 1. The van der Waals surface area contributed by atoms with E-state index in [0.29, 0.717) is 24.7 Å². The smallest absolute Gasteiger partial charge is 0.254 e. The minimum absolute atomic E-state index is 0.0495. The Labute approximate surface area is 148 Å². The maximum absolute atomic E-state index is 12.7. The summed E-state index contributed by atoms with van der Waals surface area (Å²) >= 11 is 0. The molecule has 1 aromatic carbocycles. The van der Waals surface area contributed by atoms with Crippen LogP contribution >= 0.6 is 0 Å². The van der Waals surface area contributed by atoms with E-state index >= 15 is 0 Å². The summed E-state index contributed by atoms with van der Waals surface area (Å²) in [5.74, 6) is -0.0495. The van der Waals surface area contributed by atoms with Gasteiger partial charge in [-0.2, -0.15) is 0 Å². The summed E-state index contributed by atoms with van der Waals surface area (Å²) in [4.78, 5) is 31.1. The van der Waals surface area contributed by atoms with Crippen LogP contribution in [0.2, 0.25) is 0 Å². The van der Waals surface area contributed by atoms with Crippen molar-refractivity contribution in [1.29, 1.82) is 0 Å². The van der Waals surface area contributed by atoms with Gasteiger partial charge in [-0.25, -0.2) is 0 Å². The number of carbonyl (C=O) groups excluding carboxylic acids is 1. The first kappa shape index (κ1) is 17.4. The van der Waals surface area contributed by atoms with Crippen LogP contribution in [0.25, 0.3) is 0 Å². The summed E-state index contributed by atoms with van der Waals surface area (Å²) in [5, 5.41) is 0. The number of carbonyl (C=O) groups is 1. The number of pyridine rings is 1. The molecule has 2 heterocycles. The lowest BCUT2D eigenvalue weighted by Gasteiger charge is -2.41. The fourth-order valence-corrected chi connectivity index (χ4v) is 3.47. The van der Waals surface area contributed by atoms with E-state index in [4.69, 9.17) is 0 Å². The number of hydrogen-bond donors (Lipinski definition) is 1. The van der Waals surface area contributed by atoms with Crippen molar-refractivity contribution in [2.75, 3.05) is 19.6 Å². The van der Waals surface area contributed by atoms with E-state index < -0.39 is 0 Å². The van der Waals surface area contributed by atoms with Gasteiger partial charge in [0, 0.05) is 50.0 Å². The number of nitrogens with zero attached hydrogens (tertiary/aromatic N) is 2. The maximum Gasteiger partial charge on any atom is 0.254 e. The highest BCUT2D eigenvalue weighted by Gasteiger charge is 2.29. The molecule has 1 atom stereocenters. The Balaban J connectivity index is 1.70. The van der Waals surface area contributed by atoms with Gasteiger partial charge in [-0.1, -0.05) is 43.7 Å². The number of nitrogens with one attached hydrogen (secondary N) is 1. The van der Waals surface area contributed by atoms with Gasteiger partial charge in [0.15, 0.2) is 0 Å². The molecule has 0 saturated carbocycles. The molecular formula is C20H25N3O2. The highest BCUT2D eigenvalue weighted by atomic mass is 16.2. The molecule has 1 saturated heterocycles. The molecule has 5 nitrogen and oxygen atoms in total. The van der Waals surface area contributed by atoms with Crippen LogP contribution < -0.4 is 5.56 Å². The van der Waals surface area contributed by atoms with Gasteiger partial charge in [0.25, 0.3) is 5.91 Å². The molecular weight excluding hydrogens is 314 g/mol. The van der Waals surface area contributed by atoms with Crippen LogP contribution in [-0.2, 0) is 6.54 Å². The predicted molar refractivity (Wildman–Crippen MR) is 98.5 cm³/mol. The lowest BCUT2D eigenvalue weighted by molar-refractivity contribution is 0.0438. The minimum Gasteiger partial charge on any atom is -0.336 e. The number of rotatable bonds is 5. The zero-order chi connectivity index (χ0) is 17.6. The molecule has 1 aliphatic rings. The second-order valence-electron chi connectivity index (χ2n) is 6.59. The van der Waals surface area contributed by atoms with Crippen molar-refractivity contribution in [2.45, 2.75) is 32.4 Å². The number of amides is 1. The van der Waals surface area contributed by atoms with Gasteiger partial charge in [-0.05, 0) is 18.1 Å². The summed E-state index contributed by atoms with van der Waals surface area (Å²) < 4.78 is 0. The van der Waals surface area contributed by atoms with Crippen LogP contribution in [0.5, 0.6) is 0 Å². The monoisotopic (exact) mass is 339 g/mol. The van der Waals surface area contributed by atoms with Crippen molar-refractivity contribution in [3.8, 4) is 0 Å². The third kappa shape index (κ3) is 4.37. The van der Waals surface area contributed by atoms with Crippen molar-refractivity contribution < 1.29 is 4.79 Å². The van der Waals surface area contributed by atoms with Gasteiger partial charge in [-0.15, -0.1) is 0 Å². The molecule has 5 heteroatoms. The molecule has 1 unspecified atom stereocenters. The summed E-state index contributed by atoms with van der Waals surface area (Å²) in [6.07, 6.45) is 3.68. The Morgan fingerprint density at radius 1 is 1.20 bits per heavy atom. The largest absolute Gasteiger partial charge is 0.336 e. The molecule has 0 aliphatic carbocycles. The maximum atomic E-state index is 12.7. The zero-order valence-corrected chi connectivity index (χ0v) is 14.6. The summed E-state index contributed by atoms with van der Waals surface area (Å²) in [6, 6.07) is 13.9. The molecule has 1 fully saturated rings. The quantitative estimate of drug-likeness (QED) is 0.911. The van der Waals surface area contributed by atoms with Gasteiger partial charge in [-0.3, -0.25) is 14.5 Å². The zero-order valence-electron chi connectivity index (χ0n) is 14.6. The van der Waals surface area contributed by atoms with E-state index in [1.165, 1.54) is 17.8 Å². The normalized spacial score (nSPS) is 18.3. The summed E-state index contributed by atoms with van der Waals surface area (Å²) in [5.41, 5.74) is 1.53. The molecule has 25 heavy (non-hydrogen) atoms. The second-order valence-corrected chi connectivity index (χ2v) is 6.59. The van der Waals surface area contributed by atoms with Crippen LogP contribution in [0.4, 0.5) is 0 Å². The Bertz CT molecular complexity index is 757. The Morgan fingerprint density at radius 3 is 2.72 bits per heavy atom. The van der Waals surface area contributed by atoms with Crippen LogP contribution in [0.3, 0.4) is 0 Å². The standard InChI is InChI=1S/C20H25N3O2/c1-2-6-18-15-23(20(25)17-9-10-21-19(24)13-17)12-11-22(18)14-16-7-4-3-5-8-16/h3-5,7-10,13,18H,2,6,11-12,14-15H2,1H3,(H,21,24). The Hall–Kier alpha value is -2.40. The number of H-pyrrole nitrogens is 1. The lowest BCUT2D eigenvalue weighted by Crippen LogP contribution is -2.54. The molecule has 1 aromatic heterocycles. The third-order valence-electron chi connectivity index (χ3n) is 4.76. The Morgan fingerprint density at radius 2 is 2.00 bits per heavy atom. The van der Waals surface area contributed by atoms with Gasteiger partial charge in [0.05, 0.1) is 0 Å². The lowest BCUT2D eigenvalue weighted by atomic mass is 10.0. The van der Waals surface area contributed by atoms with Crippen molar-refractivity contribution in [1.82, 2.24) is 14.8 Å². The topological polar surface area (TPSA) is 56.4 Å². The first-order valence-corrected chi connectivity index (χ1v) is 8.93. The van der Waals surface area contributed by atoms with E-state index in [1.54, 1.807) is 6.07 Å². The molecule has 0 radical (unpaired) electrons. The molecule has 0 spiro atoms. The first-order chi connectivity index (χ1) is 12.2. The summed E-state index contributed by atoms with van der Waals surface area (Å²) in [7, 11) is 0. The molecule has 1 N–H and O–H groups in total. The average molecular weight is 339 g/mol. The van der Waals surface area contributed by atoms with E-state index in [0.717, 1.165) is 25.9 Å². The van der Waals surface area contributed by atoms with Crippen LogP contribution in [-0.4, -0.2) is 46.4 Å². The average Bonchev–Trinajstić information content (AvgIpc) is 2.63. The first-order valence-electron chi connectivity index (χ1n) is 8.93. The third-order valence-corrected chi connectivity index (χ3v) is 4.76. The van der Waals surface area contributed by atoms with Crippen molar-refractivity contribution in [2.24, 2.45) is 0 Å². The molecule has 132 valence electrons. The fraction of sp³-hybridized carbons (Fsp3) is 0.400. The highest BCUT2D eigenvalue weighted by Crippen LogP contribution is 2.19. The Kier molecular flexibility index (Phi) is 5.66. The molecule has 1 aliphatic heterocycles. The van der Waals surface area contributed by atoms with Gasteiger partial charge in [0.2, 0.25) is 5.56 Å². The predicted octanol–water partition coefficient (Wildman–Crippen LogP) is 2.50. The SMILES string of the molecule is CCCC1CN(C(=O)c2cc[nH]c(=O)c2)CCN1Cc1ccccc1. The van der Waals surface area contributed by atoms with Crippen LogP contribution in [0, 0.1) is 0 Å². The van der Waals surface area contributed by atoms with E-state index in [2.05, 4.69) is 41.1 Å². The van der Waals surface area contributed by atoms with Crippen molar-refractivity contribution in [3.63, 3.8) is 0 Å². The van der Waals surface area contributed by atoms with E-state index in [-0.39, 0.29) is 11.5 Å².